The molecule has 0 aliphatic carbocycles. The molecule has 1 aliphatic rings. The maximum Gasteiger partial charge on any atom is 0.231 e. The van der Waals surface area contributed by atoms with E-state index in [1.165, 1.54) is 0 Å². The minimum Gasteiger partial charge on any atom is -0.468 e. The van der Waals surface area contributed by atoms with Gasteiger partial charge in [0, 0.05) is 19.1 Å². The van der Waals surface area contributed by atoms with Gasteiger partial charge in [0.2, 0.25) is 5.91 Å². The number of nitrogens with zero attached hydrogens (tertiary/aromatic N) is 1. The second kappa shape index (κ2) is 6.02. The van der Waals surface area contributed by atoms with E-state index in [0.29, 0.717) is 12.6 Å². The summed E-state index contributed by atoms with van der Waals surface area (Å²) in [5.74, 6) is 0.722. The molecule has 3 N–H and O–H groups in total. The molecule has 18 heavy (non-hydrogen) atoms. The zero-order valence-electron chi connectivity index (χ0n) is 10.8. The number of furan rings is 1. The maximum atomic E-state index is 10.8. The Morgan fingerprint density at radius 2 is 2.33 bits per heavy atom. The number of carbonyl (C=O) groups excluding carboxylic acids is 1. The fourth-order valence-electron chi connectivity index (χ4n) is 2.45. The van der Waals surface area contributed by atoms with Crippen LogP contribution in [0.3, 0.4) is 0 Å². The molecule has 5 heteroatoms. The van der Waals surface area contributed by atoms with Gasteiger partial charge < -0.3 is 15.5 Å². The molecule has 1 amide bonds. The first kappa shape index (κ1) is 13.1. The monoisotopic (exact) mass is 251 g/mol. The third-order valence-electron chi connectivity index (χ3n) is 3.42. The summed E-state index contributed by atoms with van der Waals surface area (Å²) in [5.41, 5.74) is 5.19. The zero-order valence-corrected chi connectivity index (χ0v) is 10.8. The van der Waals surface area contributed by atoms with Crippen molar-refractivity contribution in [3.63, 3.8) is 0 Å². The normalized spacial score (nSPS) is 19.8. The number of nitrogens with two attached hydrogens (primary N) is 1. The van der Waals surface area contributed by atoms with Gasteiger partial charge in [0.05, 0.1) is 18.8 Å². The molecule has 1 aromatic heterocycles. The van der Waals surface area contributed by atoms with Crippen molar-refractivity contribution in [1.82, 2.24) is 10.2 Å². The molecule has 0 radical (unpaired) electrons. The van der Waals surface area contributed by atoms with E-state index in [1.54, 1.807) is 6.26 Å². The molecule has 0 aromatic carbocycles. The van der Waals surface area contributed by atoms with Crippen molar-refractivity contribution in [2.24, 2.45) is 5.73 Å². The lowest BCUT2D eigenvalue weighted by molar-refractivity contribution is -0.119. The van der Waals surface area contributed by atoms with Gasteiger partial charge in [-0.25, -0.2) is 0 Å². The first-order valence-corrected chi connectivity index (χ1v) is 6.45. The fourth-order valence-corrected chi connectivity index (χ4v) is 2.45. The fraction of sp³-hybridized carbons (Fsp3) is 0.615. The van der Waals surface area contributed by atoms with Crippen LogP contribution < -0.4 is 11.1 Å². The Kier molecular flexibility index (Phi) is 4.38. The summed E-state index contributed by atoms with van der Waals surface area (Å²) in [6.45, 7) is 4.33. The van der Waals surface area contributed by atoms with Crippen molar-refractivity contribution in [2.75, 3.05) is 19.6 Å². The van der Waals surface area contributed by atoms with E-state index in [-0.39, 0.29) is 11.9 Å². The Hall–Kier alpha value is -1.33. The standard InChI is InChI=1S/C13H21N3O2/c1-10(12-3-2-8-18-12)15-11-4-6-16(7-5-11)9-13(14)17/h2-3,8,10-11,15H,4-7,9H2,1H3,(H2,14,17). The maximum absolute atomic E-state index is 10.8. The average Bonchev–Trinajstić information content (AvgIpc) is 2.84. The van der Waals surface area contributed by atoms with Crippen LogP contribution in [0.15, 0.2) is 22.8 Å². The minimum absolute atomic E-state index is 0.229. The van der Waals surface area contributed by atoms with E-state index >= 15 is 0 Å². The average molecular weight is 251 g/mol. The van der Waals surface area contributed by atoms with Crippen LogP contribution in [0.5, 0.6) is 0 Å². The SMILES string of the molecule is CC(NC1CCN(CC(N)=O)CC1)c1ccco1. The van der Waals surface area contributed by atoms with Gasteiger partial charge in [0.25, 0.3) is 0 Å². The summed E-state index contributed by atoms with van der Waals surface area (Å²) >= 11 is 0. The molecule has 1 saturated heterocycles. The number of primary amides is 1. The first-order chi connectivity index (χ1) is 8.65. The van der Waals surface area contributed by atoms with Crippen molar-refractivity contribution in [3.8, 4) is 0 Å². The number of amides is 1. The molecule has 1 fully saturated rings. The number of carbonyl (C=O) groups is 1. The van der Waals surface area contributed by atoms with Crippen molar-refractivity contribution in [2.45, 2.75) is 31.8 Å². The molecule has 0 saturated carbocycles. The van der Waals surface area contributed by atoms with Crippen LogP contribution in [0.2, 0.25) is 0 Å². The Morgan fingerprint density at radius 1 is 1.61 bits per heavy atom. The van der Waals surface area contributed by atoms with Crippen LogP contribution in [0, 0.1) is 0 Å². The zero-order chi connectivity index (χ0) is 13.0. The number of likely N-dealkylation sites (tertiary alicyclic amines) is 1. The van der Waals surface area contributed by atoms with Crippen LogP contribution in [0.25, 0.3) is 0 Å². The van der Waals surface area contributed by atoms with E-state index in [2.05, 4.69) is 17.1 Å². The van der Waals surface area contributed by atoms with Gasteiger partial charge in [0.15, 0.2) is 0 Å². The summed E-state index contributed by atoms with van der Waals surface area (Å²) in [6, 6.07) is 4.60. The van der Waals surface area contributed by atoms with Gasteiger partial charge in [-0.05, 0) is 31.9 Å². The van der Waals surface area contributed by atoms with Gasteiger partial charge in [-0.3, -0.25) is 9.69 Å². The number of hydrogen-bond acceptors (Lipinski definition) is 4. The van der Waals surface area contributed by atoms with Crippen LogP contribution in [-0.2, 0) is 4.79 Å². The molecule has 0 bridgehead atoms. The number of hydrogen-bond donors (Lipinski definition) is 2. The molecular formula is C13H21N3O2. The van der Waals surface area contributed by atoms with Gasteiger partial charge in [-0.1, -0.05) is 0 Å². The molecular weight excluding hydrogens is 230 g/mol. The van der Waals surface area contributed by atoms with Crippen molar-refractivity contribution < 1.29 is 9.21 Å². The molecule has 1 aromatic rings. The molecule has 1 aliphatic heterocycles. The minimum atomic E-state index is -0.245. The van der Waals surface area contributed by atoms with Crippen LogP contribution in [0.1, 0.15) is 31.6 Å². The summed E-state index contributed by atoms with van der Waals surface area (Å²) in [5, 5.41) is 3.56. The molecule has 1 atom stereocenters. The second-order valence-corrected chi connectivity index (χ2v) is 4.92. The van der Waals surface area contributed by atoms with Crippen LogP contribution in [-0.4, -0.2) is 36.5 Å². The predicted molar refractivity (Wildman–Crippen MR) is 68.9 cm³/mol. The van der Waals surface area contributed by atoms with E-state index in [4.69, 9.17) is 10.2 Å². The van der Waals surface area contributed by atoms with E-state index in [0.717, 1.165) is 31.7 Å². The Bertz CT molecular complexity index is 370. The molecule has 5 nitrogen and oxygen atoms in total. The van der Waals surface area contributed by atoms with Gasteiger partial charge in [0.1, 0.15) is 5.76 Å². The Balaban J connectivity index is 1.75. The van der Waals surface area contributed by atoms with Crippen molar-refractivity contribution in [1.29, 1.82) is 0 Å². The third kappa shape index (κ3) is 3.58. The van der Waals surface area contributed by atoms with E-state index in [9.17, 15) is 4.79 Å². The first-order valence-electron chi connectivity index (χ1n) is 6.45. The molecule has 0 spiro atoms. The van der Waals surface area contributed by atoms with Crippen LogP contribution >= 0.6 is 0 Å². The predicted octanol–water partition coefficient (Wildman–Crippen LogP) is 0.880. The highest BCUT2D eigenvalue weighted by molar-refractivity contribution is 5.75. The summed E-state index contributed by atoms with van der Waals surface area (Å²) in [4.78, 5) is 12.9. The lowest BCUT2D eigenvalue weighted by Crippen LogP contribution is -2.45. The molecule has 1 unspecified atom stereocenters. The summed E-state index contributed by atoms with van der Waals surface area (Å²) in [6.07, 6.45) is 3.78. The van der Waals surface area contributed by atoms with Gasteiger partial charge in [-0.2, -0.15) is 0 Å². The van der Waals surface area contributed by atoms with Crippen LogP contribution in [0.4, 0.5) is 0 Å². The highest BCUT2D eigenvalue weighted by Crippen LogP contribution is 2.17. The molecule has 2 rings (SSSR count). The molecule has 2 heterocycles. The van der Waals surface area contributed by atoms with E-state index < -0.39 is 0 Å². The van der Waals surface area contributed by atoms with Crippen molar-refractivity contribution in [3.05, 3.63) is 24.2 Å². The number of rotatable bonds is 5. The smallest absolute Gasteiger partial charge is 0.231 e. The molecule has 100 valence electrons. The topological polar surface area (TPSA) is 71.5 Å². The highest BCUT2D eigenvalue weighted by Gasteiger charge is 2.22. The number of nitrogens with one attached hydrogen (secondary N) is 1. The lowest BCUT2D eigenvalue weighted by Gasteiger charge is -2.32. The highest BCUT2D eigenvalue weighted by atomic mass is 16.3. The summed E-state index contributed by atoms with van der Waals surface area (Å²) in [7, 11) is 0. The lowest BCUT2D eigenvalue weighted by atomic mass is 10.0. The van der Waals surface area contributed by atoms with E-state index in [1.807, 2.05) is 12.1 Å². The largest absolute Gasteiger partial charge is 0.468 e. The van der Waals surface area contributed by atoms with Gasteiger partial charge >= 0.3 is 0 Å². The number of piperidine rings is 1. The second-order valence-electron chi connectivity index (χ2n) is 4.92. The third-order valence-corrected chi connectivity index (χ3v) is 3.42. The Morgan fingerprint density at radius 3 is 2.89 bits per heavy atom. The van der Waals surface area contributed by atoms with Crippen molar-refractivity contribution >= 4 is 5.91 Å². The summed E-state index contributed by atoms with van der Waals surface area (Å²) < 4.78 is 5.38. The Labute approximate surface area is 107 Å². The van der Waals surface area contributed by atoms with Gasteiger partial charge in [-0.15, -0.1) is 0 Å². The quantitative estimate of drug-likeness (QED) is 0.815.